The van der Waals surface area contributed by atoms with Gasteiger partial charge in [-0.15, -0.1) is 0 Å². The predicted molar refractivity (Wildman–Crippen MR) is 100 cm³/mol. The van der Waals surface area contributed by atoms with Crippen LogP contribution in [0.4, 0.5) is 5.69 Å². The zero-order valence-electron chi connectivity index (χ0n) is 13.2. The summed E-state index contributed by atoms with van der Waals surface area (Å²) < 4.78 is 1.000. The normalized spacial score (nSPS) is 15.0. The number of hydrogen-bond acceptors (Lipinski definition) is 3. The van der Waals surface area contributed by atoms with Gasteiger partial charge in [0, 0.05) is 42.4 Å². The van der Waals surface area contributed by atoms with Gasteiger partial charge in [0.1, 0.15) is 5.75 Å². The maximum absolute atomic E-state index is 12.3. The van der Waals surface area contributed by atoms with Gasteiger partial charge < -0.3 is 14.9 Å². The first-order valence-corrected chi connectivity index (χ1v) is 8.68. The summed E-state index contributed by atoms with van der Waals surface area (Å²) in [6.45, 7) is 2.98. The van der Waals surface area contributed by atoms with Crippen molar-refractivity contribution in [1.29, 1.82) is 0 Å². The molecule has 1 N–H and O–H groups in total. The molecule has 0 aliphatic carbocycles. The van der Waals surface area contributed by atoms with Crippen LogP contribution in [0.25, 0.3) is 6.08 Å². The standard InChI is InChI=1S/C19H19BrN2O2/c20-16-3-1-2-15(14-16)4-9-19(24)22-12-10-21(11-13-22)17-5-7-18(23)8-6-17/h1-9,14,23H,10-13H2/b9-4+. The van der Waals surface area contributed by atoms with Gasteiger partial charge in [0.15, 0.2) is 0 Å². The van der Waals surface area contributed by atoms with Gasteiger partial charge in [0.2, 0.25) is 5.91 Å². The minimum absolute atomic E-state index is 0.0420. The second-order valence-corrected chi connectivity index (χ2v) is 6.63. The van der Waals surface area contributed by atoms with Crippen LogP contribution in [-0.4, -0.2) is 42.1 Å². The number of nitrogens with zero attached hydrogens (tertiary/aromatic N) is 2. The molecule has 24 heavy (non-hydrogen) atoms. The molecule has 0 atom stereocenters. The van der Waals surface area contributed by atoms with E-state index in [9.17, 15) is 9.90 Å². The zero-order chi connectivity index (χ0) is 16.9. The quantitative estimate of drug-likeness (QED) is 0.820. The summed E-state index contributed by atoms with van der Waals surface area (Å²) in [6, 6.07) is 15.0. The fraction of sp³-hybridized carbons (Fsp3) is 0.211. The molecule has 2 aromatic carbocycles. The second kappa shape index (κ2) is 7.53. The largest absolute Gasteiger partial charge is 0.508 e. The summed E-state index contributed by atoms with van der Waals surface area (Å²) in [7, 11) is 0. The third-order valence-corrected chi connectivity index (χ3v) is 4.57. The number of phenols is 1. The molecule has 0 bridgehead atoms. The Morgan fingerprint density at radius 2 is 1.75 bits per heavy atom. The Morgan fingerprint density at radius 1 is 1.04 bits per heavy atom. The topological polar surface area (TPSA) is 43.8 Å². The lowest BCUT2D eigenvalue weighted by atomic mass is 10.2. The van der Waals surface area contributed by atoms with E-state index in [1.165, 1.54) is 0 Å². The lowest BCUT2D eigenvalue weighted by molar-refractivity contribution is -0.126. The molecule has 0 saturated carbocycles. The molecular weight excluding hydrogens is 368 g/mol. The number of hydrogen-bond donors (Lipinski definition) is 1. The fourth-order valence-corrected chi connectivity index (χ4v) is 3.15. The average molecular weight is 387 g/mol. The smallest absolute Gasteiger partial charge is 0.246 e. The maximum Gasteiger partial charge on any atom is 0.246 e. The highest BCUT2D eigenvalue weighted by Crippen LogP contribution is 2.20. The molecule has 0 unspecified atom stereocenters. The summed E-state index contributed by atoms with van der Waals surface area (Å²) in [5.41, 5.74) is 2.07. The lowest BCUT2D eigenvalue weighted by Gasteiger charge is -2.35. The second-order valence-electron chi connectivity index (χ2n) is 5.72. The van der Waals surface area contributed by atoms with Crippen LogP contribution >= 0.6 is 15.9 Å². The minimum Gasteiger partial charge on any atom is -0.508 e. The van der Waals surface area contributed by atoms with Gasteiger partial charge in [0.25, 0.3) is 0 Å². The molecule has 4 nitrogen and oxygen atoms in total. The summed E-state index contributed by atoms with van der Waals surface area (Å²) in [5, 5.41) is 9.36. The van der Waals surface area contributed by atoms with Gasteiger partial charge in [-0.25, -0.2) is 0 Å². The van der Waals surface area contributed by atoms with E-state index in [4.69, 9.17) is 0 Å². The lowest BCUT2D eigenvalue weighted by Crippen LogP contribution is -2.48. The van der Waals surface area contributed by atoms with E-state index >= 15 is 0 Å². The van der Waals surface area contributed by atoms with Gasteiger partial charge in [-0.3, -0.25) is 4.79 Å². The Hall–Kier alpha value is -2.27. The number of aromatic hydroxyl groups is 1. The molecule has 1 aliphatic rings. The van der Waals surface area contributed by atoms with Crippen LogP contribution in [0, 0.1) is 0 Å². The molecule has 1 heterocycles. The molecule has 1 fully saturated rings. The number of benzene rings is 2. The van der Waals surface area contributed by atoms with Crippen molar-refractivity contribution in [3.63, 3.8) is 0 Å². The molecule has 0 spiro atoms. The van der Waals surface area contributed by atoms with Crippen molar-refractivity contribution < 1.29 is 9.90 Å². The molecular formula is C19H19BrN2O2. The number of amides is 1. The Labute approximate surface area is 150 Å². The molecule has 1 saturated heterocycles. The summed E-state index contributed by atoms with van der Waals surface area (Å²) in [4.78, 5) is 16.4. The number of phenolic OH excluding ortho intramolecular Hbond substituents is 1. The number of halogens is 1. The highest BCUT2D eigenvalue weighted by atomic mass is 79.9. The number of anilines is 1. The van der Waals surface area contributed by atoms with Gasteiger partial charge in [-0.1, -0.05) is 28.1 Å². The summed E-state index contributed by atoms with van der Waals surface area (Å²) >= 11 is 3.43. The van der Waals surface area contributed by atoms with Crippen molar-refractivity contribution in [2.24, 2.45) is 0 Å². The SMILES string of the molecule is O=C(/C=C/c1cccc(Br)c1)N1CCN(c2ccc(O)cc2)CC1. The van der Waals surface area contributed by atoms with Crippen molar-refractivity contribution in [2.45, 2.75) is 0 Å². The van der Waals surface area contributed by atoms with Crippen LogP contribution < -0.4 is 4.90 Å². The molecule has 124 valence electrons. The van der Waals surface area contributed by atoms with Crippen molar-refractivity contribution >= 4 is 33.6 Å². The van der Waals surface area contributed by atoms with Crippen LogP contribution in [0.15, 0.2) is 59.1 Å². The van der Waals surface area contributed by atoms with Crippen molar-refractivity contribution in [3.05, 3.63) is 64.6 Å². The third-order valence-electron chi connectivity index (χ3n) is 4.07. The fourth-order valence-electron chi connectivity index (χ4n) is 2.73. The van der Waals surface area contributed by atoms with Crippen LogP contribution in [0.2, 0.25) is 0 Å². The van der Waals surface area contributed by atoms with Gasteiger partial charge in [0.05, 0.1) is 0 Å². The van der Waals surface area contributed by atoms with E-state index in [0.29, 0.717) is 13.1 Å². The number of carbonyl (C=O) groups is 1. The molecule has 1 amide bonds. The van der Waals surface area contributed by atoms with E-state index in [-0.39, 0.29) is 11.7 Å². The van der Waals surface area contributed by atoms with E-state index in [2.05, 4.69) is 20.8 Å². The Bertz CT molecular complexity index is 735. The van der Waals surface area contributed by atoms with E-state index < -0.39 is 0 Å². The summed E-state index contributed by atoms with van der Waals surface area (Å²) in [5.74, 6) is 0.311. The average Bonchev–Trinajstić information content (AvgIpc) is 2.61. The molecule has 3 rings (SSSR count). The van der Waals surface area contributed by atoms with Crippen molar-refractivity contribution in [3.8, 4) is 5.75 Å². The molecule has 0 aromatic heterocycles. The molecule has 1 aliphatic heterocycles. The number of carbonyl (C=O) groups excluding carboxylic acids is 1. The van der Waals surface area contributed by atoms with E-state index in [0.717, 1.165) is 28.8 Å². The first-order valence-electron chi connectivity index (χ1n) is 7.88. The van der Waals surface area contributed by atoms with Gasteiger partial charge >= 0.3 is 0 Å². The third kappa shape index (κ3) is 4.17. The highest BCUT2D eigenvalue weighted by Gasteiger charge is 2.19. The monoisotopic (exact) mass is 386 g/mol. The number of rotatable bonds is 3. The van der Waals surface area contributed by atoms with Crippen LogP contribution in [0.5, 0.6) is 5.75 Å². The van der Waals surface area contributed by atoms with Crippen LogP contribution in [0.3, 0.4) is 0 Å². The first-order chi connectivity index (χ1) is 11.6. The predicted octanol–water partition coefficient (Wildman–Crippen LogP) is 3.52. The first kappa shape index (κ1) is 16.6. The van der Waals surface area contributed by atoms with Crippen molar-refractivity contribution in [2.75, 3.05) is 31.1 Å². The maximum atomic E-state index is 12.3. The number of piperazine rings is 1. The van der Waals surface area contributed by atoms with Crippen LogP contribution in [0.1, 0.15) is 5.56 Å². The highest BCUT2D eigenvalue weighted by molar-refractivity contribution is 9.10. The minimum atomic E-state index is 0.0420. The molecule has 0 radical (unpaired) electrons. The Kier molecular flexibility index (Phi) is 5.20. The van der Waals surface area contributed by atoms with E-state index in [1.807, 2.05) is 47.4 Å². The van der Waals surface area contributed by atoms with Crippen molar-refractivity contribution in [1.82, 2.24) is 4.90 Å². The molecule has 5 heteroatoms. The van der Waals surface area contributed by atoms with Crippen LogP contribution in [-0.2, 0) is 4.79 Å². The summed E-state index contributed by atoms with van der Waals surface area (Å²) in [6.07, 6.45) is 3.48. The molecule has 2 aromatic rings. The van der Waals surface area contributed by atoms with Gasteiger partial charge in [-0.05, 0) is 48.0 Å². The Morgan fingerprint density at radius 3 is 2.42 bits per heavy atom. The van der Waals surface area contributed by atoms with E-state index in [1.54, 1.807) is 18.2 Å². The van der Waals surface area contributed by atoms with Gasteiger partial charge in [-0.2, -0.15) is 0 Å². The Balaban J connectivity index is 1.56. The zero-order valence-corrected chi connectivity index (χ0v) is 14.8.